The van der Waals surface area contributed by atoms with Gasteiger partial charge in [0.1, 0.15) is 17.3 Å². The standard InChI is InChI=1S/C21H17F3IN3O4S/c22-16-8-13(25)5-4-12(16)7-15-19(21(26)29)18(9-17(23)20(15)24)32-14-3-1-2-11(6-14)10-28-33(27,30)31/h1-6,8-9,28H,7,10H2,(H2,26,29)(H2,27,30,31). The Morgan fingerprint density at radius 1 is 1.06 bits per heavy atom. The van der Waals surface area contributed by atoms with Crippen molar-refractivity contribution < 1.29 is 31.1 Å². The number of halogens is 4. The van der Waals surface area contributed by atoms with Gasteiger partial charge in [-0.15, -0.1) is 0 Å². The van der Waals surface area contributed by atoms with Crippen molar-refractivity contribution in [3.05, 3.63) is 91.8 Å². The second kappa shape index (κ2) is 10.1. The highest BCUT2D eigenvalue weighted by Gasteiger charge is 2.25. The van der Waals surface area contributed by atoms with Crippen LogP contribution in [0.15, 0.2) is 48.5 Å². The topological polar surface area (TPSA) is 125 Å². The lowest BCUT2D eigenvalue weighted by Crippen LogP contribution is -2.30. The third-order valence-corrected chi connectivity index (χ3v) is 5.73. The number of primary amides is 1. The van der Waals surface area contributed by atoms with E-state index < -0.39 is 51.1 Å². The summed E-state index contributed by atoms with van der Waals surface area (Å²) in [5.41, 5.74) is 5.01. The number of ether oxygens (including phenoxy) is 1. The molecule has 0 unspecified atom stereocenters. The van der Waals surface area contributed by atoms with Crippen LogP contribution in [0, 0.1) is 21.0 Å². The number of nitrogens with two attached hydrogens (primary N) is 2. The fraction of sp³-hybridized carbons (Fsp3) is 0.0952. The molecule has 12 heteroatoms. The minimum Gasteiger partial charge on any atom is -0.456 e. The summed E-state index contributed by atoms with van der Waals surface area (Å²) in [5.74, 6) is -4.71. The van der Waals surface area contributed by atoms with Crippen LogP contribution in [0.25, 0.3) is 0 Å². The van der Waals surface area contributed by atoms with E-state index in [0.717, 1.165) is 0 Å². The Labute approximate surface area is 201 Å². The number of amides is 1. The van der Waals surface area contributed by atoms with Gasteiger partial charge in [-0.1, -0.05) is 18.2 Å². The SMILES string of the molecule is NC(=O)c1c(Oc2cccc(CNS(N)(=O)=O)c2)cc(F)c(F)c1Cc1ccc(I)cc1F. The van der Waals surface area contributed by atoms with Gasteiger partial charge in [0.2, 0.25) is 0 Å². The predicted octanol–water partition coefficient (Wildman–Crippen LogP) is 3.48. The molecule has 0 fully saturated rings. The molecule has 3 aromatic carbocycles. The molecule has 0 aromatic heterocycles. The summed E-state index contributed by atoms with van der Waals surface area (Å²) in [5, 5.41) is 4.90. The van der Waals surface area contributed by atoms with Crippen LogP contribution in [0.2, 0.25) is 0 Å². The highest BCUT2D eigenvalue weighted by atomic mass is 127. The minimum absolute atomic E-state index is 0.0319. The van der Waals surface area contributed by atoms with Crippen molar-refractivity contribution in [1.29, 1.82) is 0 Å². The molecule has 3 rings (SSSR count). The molecule has 7 nitrogen and oxygen atoms in total. The zero-order chi connectivity index (χ0) is 24.3. The van der Waals surface area contributed by atoms with E-state index in [9.17, 15) is 26.4 Å². The highest BCUT2D eigenvalue weighted by molar-refractivity contribution is 14.1. The van der Waals surface area contributed by atoms with Crippen molar-refractivity contribution in [2.45, 2.75) is 13.0 Å². The molecule has 0 heterocycles. The lowest BCUT2D eigenvalue weighted by atomic mass is 9.97. The number of benzene rings is 3. The third kappa shape index (κ3) is 6.43. The van der Waals surface area contributed by atoms with Gasteiger partial charge in [0.15, 0.2) is 11.6 Å². The molecule has 0 atom stereocenters. The Hall–Kier alpha value is -2.68. The molecular formula is C21H17F3IN3O4S. The first-order valence-electron chi connectivity index (χ1n) is 9.23. The summed E-state index contributed by atoms with van der Waals surface area (Å²) in [7, 11) is -3.94. The van der Waals surface area contributed by atoms with E-state index in [1.165, 1.54) is 30.3 Å². The van der Waals surface area contributed by atoms with E-state index in [-0.39, 0.29) is 23.6 Å². The molecule has 0 aliphatic carbocycles. The second-order valence-electron chi connectivity index (χ2n) is 6.92. The second-order valence-corrected chi connectivity index (χ2v) is 9.54. The number of carbonyl (C=O) groups excluding carboxylic acids is 1. The van der Waals surface area contributed by atoms with Gasteiger partial charge in [-0.2, -0.15) is 13.1 Å². The van der Waals surface area contributed by atoms with E-state index in [4.69, 9.17) is 15.6 Å². The lowest BCUT2D eigenvalue weighted by Gasteiger charge is -2.16. The Morgan fingerprint density at radius 3 is 2.42 bits per heavy atom. The van der Waals surface area contributed by atoms with Gasteiger partial charge >= 0.3 is 0 Å². The number of hydrogen-bond donors (Lipinski definition) is 3. The van der Waals surface area contributed by atoms with Gasteiger partial charge in [0.25, 0.3) is 16.1 Å². The molecule has 0 radical (unpaired) electrons. The summed E-state index contributed by atoms with van der Waals surface area (Å²) in [6.07, 6.45) is -0.445. The van der Waals surface area contributed by atoms with Gasteiger partial charge in [0.05, 0.1) is 5.56 Å². The summed E-state index contributed by atoms with van der Waals surface area (Å²) in [4.78, 5) is 12.2. The Kier molecular flexibility index (Phi) is 7.62. The van der Waals surface area contributed by atoms with Crippen molar-refractivity contribution in [2.24, 2.45) is 10.9 Å². The van der Waals surface area contributed by atoms with Crippen molar-refractivity contribution in [2.75, 3.05) is 0 Å². The van der Waals surface area contributed by atoms with Crippen molar-refractivity contribution in [1.82, 2.24) is 4.72 Å². The summed E-state index contributed by atoms with van der Waals surface area (Å²) in [6, 6.07) is 10.8. The predicted molar refractivity (Wildman–Crippen MR) is 123 cm³/mol. The molecule has 5 N–H and O–H groups in total. The minimum atomic E-state index is -3.94. The van der Waals surface area contributed by atoms with Gasteiger partial charge < -0.3 is 10.5 Å². The molecule has 1 amide bonds. The molecule has 0 bridgehead atoms. The molecule has 0 saturated carbocycles. The van der Waals surface area contributed by atoms with Crippen LogP contribution in [0.5, 0.6) is 11.5 Å². The Morgan fingerprint density at radius 2 is 1.79 bits per heavy atom. The van der Waals surface area contributed by atoms with Gasteiger partial charge in [0, 0.05) is 28.2 Å². The smallest absolute Gasteiger partial charge is 0.274 e. The summed E-state index contributed by atoms with van der Waals surface area (Å²) < 4.78 is 73.8. The van der Waals surface area contributed by atoms with E-state index in [1.54, 1.807) is 12.1 Å². The van der Waals surface area contributed by atoms with Crippen LogP contribution in [0.1, 0.15) is 27.0 Å². The lowest BCUT2D eigenvalue weighted by molar-refractivity contribution is 0.0996. The van der Waals surface area contributed by atoms with Crippen LogP contribution in [0.3, 0.4) is 0 Å². The van der Waals surface area contributed by atoms with Gasteiger partial charge in [-0.25, -0.2) is 18.3 Å². The fourth-order valence-corrected chi connectivity index (χ4v) is 3.88. The van der Waals surface area contributed by atoms with Crippen LogP contribution < -0.4 is 20.3 Å². The van der Waals surface area contributed by atoms with Crippen LogP contribution in [0.4, 0.5) is 13.2 Å². The van der Waals surface area contributed by atoms with Crippen molar-refractivity contribution in [3.8, 4) is 11.5 Å². The summed E-state index contributed by atoms with van der Waals surface area (Å²) >= 11 is 1.90. The first-order chi connectivity index (χ1) is 15.4. The molecule has 33 heavy (non-hydrogen) atoms. The van der Waals surface area contributed by atoms with Crippen LogP contribution >= 0.6 is 22.6 Å². The molecular weight excluding hydrogens is 574 g/mol. The average Bonchev–Trinajstić information content (AvgIpc) is 2.71. The Bertz CT molecular complexity index is 1340. The van der Waals surface area contributed by atoms with E-state index in [0.29, 0.717) is 15.2 Å². The quantitative estimate of drug-likeness (QED) is 0.347. The van der Waals surface area contributed by atoms with Crippen LogP contribution in [-0.2, 0) is 23.2 Å². The van der Waals surface area contributed by atoms with Gasteiger partial charge in [-0.3, -0.25) is 4.79 Å². The first kappa shape index (κ1) is 25.0. The fourth-order valence-electron chi connectivity index (χ4n) is 3.06. The van der Waals surface area contributed by atoms with Crippen molar-refractivity contribution in [3.63, 3.8) is 0 Å². The van der Waals surface area contributed by atoms with E-state index in [2.05, 4.69) is 4.72 Å². The first-order valence-corrected chi connectivity index (χ1v) is 11.9. The maximum atomic E-state index is 14.7. The monoisotopic (exact) mass is 591 g/mol. The third-order valence-electron chi connectivity index (χ3n) is 4.51. The van der Waals surface area contributed by atoms with Crippen molar-refractivity contribution >= 4 is 38.7 Å². The molecule has 174 valence electrons. The summed E-state index contributed by atoms with van der Waals surface area (Å²) in [6.45, 7) is -0.159. The maximum Gasteiger partial charge on any atom is 0.274 e. The Balaban J connectivity index is 2.02. The van der Waals surface area contributed by atoms with E-state index >= 15 is 0 Å². The zero-order valence-electron chi connectivity index (χ0n) is 16.7. The van der Waals surface area contributed by atoms with Crippen LogP contribution in [-0.4, -0.2) is 14.3 Å². The number of rotatable bonds is 8. The maximum absolute atomic E-state index is 14.7. The number of carbonyl (C=O) groups is 1. The van der Waals surface area contributed by atoms with E-state index in [1.807, 2.05) is 22.6 Å². The largest absolute Gasteiger partial charge is 0.456 e. The zero-order valence-corrected chi connectivity index (χ0v) is 19.7. The number of nitrogens with one attached hydrogen (secondary N) is 1. The highest BCUT2D eigenvalue weighted by Crippen LogP contribution is 2.33. The number of hydrogen-bond acceptors (Lipinski definition) is 4. The molecule has 0 aliphatic heterocycles. The molecule has 0 spiro atoms. The molecule has 0 aliphatic rings. The normalized spacial score (nSPS) is 11.4. The van der Waals surface area contributed by atoms with Gasteiger partial charge in [-0.05, 0) is 58.0 Å². The molecule has 0 saturated heterocycles. The molecule has 3 aromatic rings. The average molecular weight is 591 g/mol.